The topological polar surface area (TPSA) is 9.23 Å². The quantitative estimate of drug-likeness (QED) is 0.291. The Morgan fingerprint density at radius 2 is 0.870 bits per heavy atom. The Morgan fingerprint density at radius 1 is 0.565 bits per heavy atom. The van der Waals surface area contributed by atoms with E-state index in [2.05, 4.69) is 108 Å². The molecule has 0 saturated heterocycles. The first kappa shape index (κ1) is 22.3. The van der Waals surface area contributed by atoms with Crippen LogP contribution < -0.4 is 0 Å². The van der Waals surface area contributed by atoms with Crippen molar-refractivity contribution in [1.82, 2.24) is 0 Å². The SMILES string of the molecule is Brc1cc(Br)c(-c2cc(Br)c(Br)cc2Br)cc1Br.CCOCC. The summed E-state index contributed by atoms with van der Waals surface area (Å²) in [5, 5.41) is 0. The highest BCUT2D eigenvalue weighted by atomic mass is 79.9. The zero-order valence-corrected chi connectivity index (χ0v) is 21.9. The van der Waals surface area contributed by atoms with Gasteiger partial charge >= 0.3 is 0 Å². The number of ether oxygens (including phenoxy) is 1. The summed E-state index contributed by atoms with van der Waals surface area (Å²) in [5.74, 6) is 0. The summed E-state index contributed by atoms with van der Waals surface area (Å²) in [6.07, 6.45) is 0. The van der Waals surface area contributed by atoms with Crippen molar-refractivity contribution < 1.29 is 4.74 Å². The Morgan fingerprint density at radius 3 is 1.13 bits per heavy atom. The normalized spacial score (nSPS) is 10.3. The molecule has 0 aliphatic rings. The maximum absolute atomic E-state index is 4.83. The van der Waals surface area contributed by atoms with E-state index in [0.29, 0.717) is 0 Å². The minimum Gasteiger partial charge on any atom is -0.382 e. The largest absolute Gasteiger partial charge is 0.382 e. The maximum Gasteiger partial charge on any atom is 0.0437 e. The maximum atomic E-state index is 4.83. The van der Waals surface area contributed by atoms with E-state index in [-0.39, 0.29) is 0 Å². The number of rotatable bonds is 3. The molecule has 0 aliphatic heterocycles. The van der Waals surface area contributed by atoms with Gasteiger partial charge in [0.15, 0.2) is 0 Å². The average molecular weight is 702 g/mol. The molecule has 0 amide bonds. The van der Waals surface area contributed by atoms with Crippen molar-refractivity contribution in [2.75, 3.05) is 13.2 Å². The highest BCUT2D eigenvalue weighted by Crippen LogP contribution is 2.41. The van der Waals surface area contributed by atoms with Gasteiger partial charge in [-0.05, 0) is 113 Å². The zero-order valence-electron chi connectivity index (χ0n) is 12.4. The second-order valence-corrected chi connectivity index (χ2v) is 9.40. The molecule has 1 nitrogen and oxygen atoms in total. The van der Waals surface area contributed by atoms with E-state index < -0.39 is 0 Å². The molecule has 0 bridgehead atoms. The molecule has 2 rings (SSSR count). The van der Waals surface area contributed by atoms with Gasteiger partial charge in [-0.1, -0.05) is 31.9 Å². The van der Waals surface area contributed by atoms with Crippen LogP contribution in [0, 0.1) is 0 Å². The van der Waals surface area contributed by atoms with Crippen molar-refractivity contribution in [2.24, 2.45) is 0 Å². The van der Waals surface area contributed by atoms with Gasteiger partial charge < -0.3 is 4.74 Å². The third-order valence-corrected chi connectivity index (χ3v) is 7.72. The molecule has 0 N–H and O–H groups in total. The Labute approximate surface area is 187 Å². The third kappa shape index (κ3) is 6.83. The minimum absolute atomic E-state index is 0.844. The summed E-state index contributed by atoms with van der Waals surface area (Å²) in [5.41, 5.74) is 2.23. The minimum atomic E-state index is 0.844. The summed E-state index contributed by atoms with van der Waals surface area (Å²) >= 11 is 21.2. The van der Waals surface area contributed by atoms with Crippen molar-refractivity contribution in [1.29, 1.82) is 0 Å². The van der Waals surface area contributed by atoms with E-state index in [4.69, 9.17) is 4.74 Å². The van der Waals surface area contributed by atoms with E-state index in [0.717, 1.165) is 51.2 Å². The second-order valence-electron chi connectivity index (χ2n) is 4.27. The second kappa shape index (κ2) is 11.1. The van der Waals surface area contributed by atoms with Crippen molar-refractivity contribution in [3.8, 4) is 11.1 Å². The Kier molecular flexibility index (Phi) is 10.8. The van der Waals surface area contributed by atoms with E-state index >= 15 is 0 Å². The third-order valence-electron chi connectivity index (χ3n) is 2.72. The number of benzene rings is 2. The molecule has 0 unspecified atom stereocenters. The molecule has 0 saturated carbocycles. The number of halogens is 6. The van der Waals surface area contributed by atoms with E-state index in [9.17, 15) is 0 Å². The molecule has 0 radical (unpaired) electrons. The van der Waals surface area contributed by atoms with Gasteiger partial charge in [-0.3, -0.25) is 0 Å². The van der Waals surface area contributed by atoms with Gasteiger partial charge in [-0.25, -0.2) is 0 Å². The first-order valence-electron chi connectivity index (χ1n) is 6.68. The smallest absolute Gasteiger partial charge is 0.0437 e. The zero-order chi connectivity index (χ0) is 17.6. The summed E-state index contributed by atoms with van der Waals surface area (Å²) < 4.78 is 11.0. The van der Waals surface area contributed by atoms with Gasteiger partial charge in [0.2, 0.25) is 0 Å². The van der Waals surface area contributed by atoms with Crippen LogP contribution in [0.15, 0.2) is 51.1 Å². The lowest BCUT2D eigenvalue weighted by atomic mass is 10.1. The van der Waals surface area contributed by atoms with Gasteiger partial charge in [0.25, 0.3) is 0 Å². The van der Waals surface area contributed by atoms with E-state index in [1.54, 1.807) is 0 Å². The number of hydrogen-bond acceptors (Lipinski definition) is 1. The van der Waals surface area contributed by atoms with Crippen molar-refractivity contribution >= 4 is 95.6 Å². The Bertz CT molecular complexity index is 615. The van der Waals surface area contributed by atoms with Crippen molar-refractivity contribution in [2.45, 2.75) is 13.8 Å². The lowest BCUT2D eigenvalue weighted by Gasteiger charge is -2.11. The Hall–Kier alpha value is 1.28. The van der Waals surface area contributed by atoms with Crippen LogP contribution in [0.1, 0.15) is 13.8 Å². The lowest BCUT2D eigenvalue weighted by Crippen LogP contribution is -1.85. The Balaban J connectivity index is 0.000000463. The van der Waals surface area contributed by atoms with Crippen molar-refractivity contribution in [3.63, 3.8) is 0 Å². The van der Waals surface area contributed by atoms with Crippen LogP contribution >= 0.6 is 95.6 Å². The van der Waals surface area contributed by atoms with Crippen LogP contribution in [0.3, 0.4) is 0 Å². The molecule has 23 heavy (non-hydrogen) atoms. The summed E-state index contributed by atoms with van der Waals surface area (Å²) in [6.45, 7) is 5.67. The lowest BCUT2D eigenvalue weighted by molar-refractivity contribution is 0.162. The predicted molar refractivity (Wildman–Crippen MR) is 120 cm³/mol. The van der Waals surface area contributed by atoms with Gasteiger partial charge in [0, 0.05) is 40.1 Å². The van der Waals surface area contributed by atoms with Gasteiger partial charge in [-0.2, -0.15) is 0 Å². The van der Waals surface area contributed by atoms with Gasteiger partial charge in [-0.15, -0.1) is 0 Å². The molecule has 2 aromatic carbocycles. The van der Waals surface area contributed by atoms with E-state index in [1.807, 2.05) is 26.0 Å². The summed E-state index contributed by atoms with van der Waals surface area (Å²) in [4.78, 5) is 0. The van der Waals surface area contributed by atoms with Crippen molar-refractivity contribution in [3.05, 3.63) is 51.1 Å². The van der Waals surface area contributed by atoms with Gasteiger partial charge in [0.05, 0.1) is 0 Å². The highest BCUT2D eigenvalue weighted by Gasteiger charge is 2.12. The van der Waals surface area contributed by atoms with Gasteiger partial charge in [0.1, 0.15) is 0 Å². The molecular weight excluding hydrogens is 688 g/mol. The fourth-order valence-corrected chi connectivity index (χ4v) is 4.76. The molecule has 0 atom stereocenters. The fraction of sp³-hybridized carbons (Fsp3) is 0.250. The summed E-state index contributed by atoms with van der Waals surface area (Å²) in [6, 6.07) is 8.22. The molecule has 0 aliphatic carbocycles. The molecule has 0 heterocycles. The van der Waals surface area contributed by atoms with Crippen LogP contribution in [-0.2, 0) is 4.74 Å². The molecule has 0 aromatic heterocycles. The monoisotopic (exact) mass is 696 g/mol. The molecule has 126 valence electrons. The van der Waals surface area contributed by atoms with E-state index in [1.165, 1.54) is 0 Å². The summed E-state index contributed by atoms with van der Waals surface area (Å²) in [7, 11) is 0. The molecule has 7 heteroatoms. The molecule has 2 aromatic rings. The molecule has 0 spiro atoms. The highest BCUT2D eigenvalue weighted by molar-refractivity contribution is 9.13. The standard InChI is InChI=1S/C12H4Br6.C4H10O/c13-7-3-11(17)9(15)1-5(7)6-2-10(16)12(18)4-8(6)14;1-3-5-4-2/h1-4H;3-4H2,1-2H3. The first-order valence-corrected chi connectivity index (χ1v) is 11.4. The van der Waals surface area contributed by atoms with Crippen LogP contribution in [0.25, 0.3) is 11.1 Å². The predicted octanol–water partition coefficient (Wildman–Crippen LogP) is 8.97. The fourth-order valence-electron chi connectivity index (χ4n) is 1.66. The molecular formula is C16H14Br6O. The average Bonchev–Trinajstić information content (AvgIpc) is 2.48. The van der Waals surface area contributed by atoms with Crippen LogP contribution in [0.4, 0.5) is 0 Å². The first-order chi connectivity index (χ1) is 10.8. The van der Waals surface area contributed by atoms with Crippen LogP contribution in [0.5, 0.6) is 0 Å². The van der Waals surface area contributed by atoms with Crippen LogP contribution in [-0.4, -0.2) is 13.2 Å². The number of hydrogen-bond donors (Lipinski definition) is 0. The molecule has 0 fully saturated rings. The van der Waals surface area contributed by atoms with Crippen LogP contribution in [0.2, 0.25) is 0 Å².